The summed E-state index contributed by atoms with van der Waals surface area (Å²) >= 11 is 0. The van der Waals surface area contributed by atoms with Gasteiger partial charge in [-0.2, -0.15) is 0 Å². The predicted octanol–water partition coefficient (Wildman–Crippen LogP) is 4.43. The third-order valence-corrected chi connectivity index (χ3v) is 4.20. The Morgan fingerprint density at radius 3 is 2.21 bits per heavy atom. The summed E-state index contributed by atoms with van der Waals surface area (Å²) in [6.07, 6.45) is 0. The molecule has 0 aliphatic heterocycles. The molecule has 2 atom stereocenters. The molecule has 2 amide bonds. The van der Waals surface area contributed by atoms with E-state index in [-0.39, 0.29) is 18.1 Å². The molecule has 0 unspecified atom stereocenters. The minimum absolute atomic E-state index is 0.0576. The highest BCUT2D eigenvalue weighted by atomic mass is 16.5. The number of methoxy groups -OCH3 is 1. The van der Waals surface area contributed by atoms with Gasteiger partial charge in [-0.1, -0.05) is 42.0 Å². The van der Waals surface area contributed by atoms with Gasteiger partial charge in [-0.3, -0.25) is 0 Å². The van der Waals surface area contributed by atoms with Gasteiger partial charge < -0.3 is 15.4 Å². The summed E-state index contributed by atoms with van der Waals surface area (Å²) < 4.78 is 5.40. The van der Waals surface area contributed by atoms with Crippen LogP contribution in [-0.4, -0.2) is 13.1 Å². The van der Waals surface area contributed by atoms with Crippen LogP contribution in [0.3, 0.4) is 0 Å². The maximum Gasteiger partial charge on any atom is 0.315 e. The van der Waals surface area contributed by atoms with E-state index in [9.17, 15) is 4.79 Å². The molecule has 4 nitrogen and oxygen atoms in total. The first-order valence-electron chi connectivity index (χ1n) is 8.19. The lowest BCUT2D eigenvalue weighted by atomic mass is 10.0. The Morgan fingerprint density at radius 1 is 0.958 bits per heavy atom. The number of hydrogen-bond acceptors (Lipinski definition) is 2. The van der Waals surface area contributed by atoms with Crippen molar-refractivity contribution >= 4 is 6.03 Å². The molecule has 2 N–H and O–H groups in total. The molecule has 0 spiro atoms. The number of rotatable bonds is 5. The molecule has 24 heavy (non-hydrogen) atoms. The Hall–Kier alpha value is -2.49. The van der Waals surface area contributed by atoms with Gasteiger partial charge in [0.1, 0.15) is 5.75 Å². The highest BCUT2D eigenvalue weighted by molar-refractivity contribution is 5.75. The van der Waals surface area contributed by atoms with Crippen LogP contribution in [0.5, 0.6) is 5.75 Å². The molecule has 0 aliphatic carbocycles. The van der Waals surface area contributed by atoms with E-state index in [0.29, 0.717) is 0 Å². The molecule has 0 radical (unpaired) electrons. The summed E-state index contributed by atoms with van der Waals surface area (Å²) in [5, 5.41) is 5.99. The second kappa shape index (κ2) is 7.86. The summed E-state index contributed by atoms with van der Waals surface area (Å²) in [5.41, 5.74) is 4.39. The predicted molar refractivity (Wildman–Crippen MR) is 97.4 cm³/mol. The fourth-order valence-corrected chi connectivity index (χ4v) is 2.86. The van der Waals surface area contributed by atoms with Crippen LogP contribution in [0, 0.1) is 13.8 Å². The van der Waals surface area contributed by atoms with Crippen molar-refractivity contribution in [2.45, 2.75) is 39.8 Å². The zero-order valence-corrected chi connectivity index (χ0v) is 15.0. The van der Waals surface area contributed by atoms with Crippen LogP contribution in [0.2, 0.25) is 0 Å². The van der Waals surface area contributed by atoms with E-state index in [4.69, 9.17) is 4.74 Å². The minimum Gasteiger partial charge on any atom is -0.496 e. The van der Waals surface area contributed by atoms with Gasteiger partial charge in [0.2, 0.25) is 0 Å². The van der Waals surface area contributed by atoms with Crippen LogP contribution >= 0.6 is 0 Å². The third kappa shape index (κ3) is 4.28. The maximum atomic E-state index is 12.3. The monoisotopic (exact) mass is 326 g/mol. The smallest absolute Gasteiger partial charge is 0.315 e. The minimum atomic E-state index is -0.193. The van der Waals surface area contributed by atoms with Crippen LogP contribution in [0.25, 0.3) is 0 Å². The Bertz CT molecular complexity index is 713. The molecule has 0 aliphatic rings. The number of carbonyl (C=O) groups is 1. The number of aryl methyl sites for hydroxylation is 2. The number of amides is 2. The Kier molecular flexibility index (Phi) is 5.85. The van der Waals surface area contributed by atoms with E-state index in [0.717, 1.165) is 22.4 Å². The Morgan fingerprint density at radius 2 is 1.58 bits per heavy atom. The fraction of sp³-hybridized carbons (Fsp3) is 0.350. The summed E-state index contributed by atoms with van der Waals surface area (Å²) in [6.45, 7) is 8.01. The van der Waals surface area contributed by atoms with Gasteiger partial charge in [-0.15, -0.1) is 0 Å². The maximum absolute atomic E-state index is 12.3. The topological polar surface area (TPSA) is 50.4 Å². The number of benzene rings is 2. The lowest BCUT2D eigenvalue weighted by molar-refractivity contribution is 0.234. The van der Waals surface area contributed by atoms with E-state index in [1.807, 2.05) is 70.2 Å². The molecule has 128 valence electrons. The third-order valence-electron chi connectivity index (χ3n) is 4.20. The first-order valence-corrected chi connectivity index (χ1v) is 8.19. The van der Waals surface area contributed by atoms with E-state index >= 15 is 0 Å². The molecule has 4 heteroatoms. The normalized spacial score (nSPS) is 13.0. The van der Waals surface area contributed by atoms with Gasteiger partial charge in [-0.25, -0.2) is 4.79 Å². The van der Waals surface area contributed by atoms with E-state index in [1.54, 1.807) is 7.11 Å². The zero-order chi connectivity index (χ0) is 17.7. The fourth-order valence-electron chi connectivity index (χ4n) is 2.86. The Balaban J connectivity index is 2.04. The molecule has 0 aromatic heterocycles. The van der Waals surface area contributed by atoms with Crippen molar-refractivity contribution in [3.63, 3.8) is 0 Å². The average Bonchev–Trinajstić information content (AvgIpc) is 2.54. The van der Waals surface area contributed by atoms with Crippen LogP contribution in [0.4, 0.5) is 4.79 Å². The van der Waals surface area contributed by atoms with Gasteiger partial charge in [0.05, 0.1) is 19.2 Å². The molecule has 2 aromatic rings. The largest absolute Gasteiger partial charge is 0.496 e. The van der Waals surface area contributed by atoms with Crippen LogP contribution in [0.1, 0.15) is 48.2 Å². The number of carbonyl (C=O) groups excluding carboxylic acids is 1. The average molecular weight is 326 g/mol. The molecule has 0 bridgehead atoms. The van der Waals surface area contributed by atoms with Gasteiger partial charge in [0.25, 0.3) is 0 Å². The standard InChI is InChI=1S/C20H26N2O2/c1-13-10-11-19(24-5)18(12-13)16(4)22-20(23)21-15(3)17-9-7-6-8-14(17)2/h6-12,15-16H,1-5H3,(H2,21,22,23)/t15-,16-/m1/s1. The number of urea groups is 1. The van der Waals surface area contributed by atoms with Crippen molar-refractivity contribution < 1.29 is 9.53 Å². The van der Waals surface area contributed by atoms with Crippen LogP contribution < -0.4 is 15.4 Å². The van der Waals surface area contributed by atoms with E-state index in [1.165, 1.54) is 5.56 Å². The number of nitrogens with one attached hydrogen (secondary N) is 2. The van der Waals surface area contributed by atoms with Gasteiger partial charge in [0.15, 0.2) is 0 Å². The van der Waals surface area contributed by atoms with Crippen LogP contribution in [0.15, 0.2) is 42.5 Å². The lowest BCUT2D eigenvalue weighted by Gasteiger charge is -2.21. The number of ether oxygens (including phenoxy) is 1. The highest BCUT2D eigenvalue weighted by Crippen LogP contribution is 2.26. The van der Waals surface area contributed by atoms with Crippen molar-refractivity contribution in [3.8, 4) is 5.75 Å². The molecule has 2 rings (SSSR count). The van der Waals surface area contributed by atoms with Crippen molar-refractivity contribution in [2.75, 3.05) is 7.11 Å². The first-order chi connectivity index (χ1) is 11.4. The second-order valence-electron chi connectivity index (χ2n) is 6.16. The highest BCUT2D eigenvalue weighted by Gasteiger charge is 2.16. The van der Waals surface area contributed by atoms with Crippen LogP contribution in [-0.2, 0) is 0 Å². The summed E-state index contributed by atoms with van der Waals surface area (Å²) in [6, 6.07) is 13.6. The van der Waals surface area contributed by atoms with Crippen molar-refractivity contribution in [2.24, 2.45) is 0 Å². The van der Waals surface area contributed by atoms with Gasteiger partial charge in [-0.05, 0) is 44.9 Å². The first kappa shape index (κ1) is 17.9. The lowest BCUT2D eigenvalue weighted by Crippen LogP contribution is -2.38. The molecule has 0 heterocycles. The molecule has 0 saturated carbocycles. The molecular weight excluding hydrogens is 300 g/mol. The summed E-state index contributed by atoms with van der Waals surface area (Å²) in [4.78, 5) is 12.3. The number of hydrogen-bond donors (Lipinski definition) is 2. The molecule has 0 saturated heterocycles. The van der Waals surface area contributed by atoms with Crippen molar-refractivity contribution in [3.05, 3.63) is 64.7 Å². The molecular formula is C20H26N2O2. The van der Waals surface area contributed by atoms with E-state index < -0.39 is 0 Å². The summed E-state index contributed by atoms with van der Waals surface area (Å²) in [7, 11) is 1.64. The Labute approximate surface area is 144 Å². The second-order valence-corrected chi connectivity index (χ2v) is 6.16. The van der Waals surface area contributed by atoms with Gasteiger partial charge >= 0.3 is 6.03 Å². The van der Waals surface area contributed by atoms with Crippen molar-refractivity contribution in [1.29, 1.82) is 0 Å². The molecule has 2 aromatic carbocycles. The quantitative estimate of drug-likeness (QED) is 0.854. The zero-order valence-electron chi connectivity index (χ0n) is 15.0. The molecule has 0 fully saturated rings. The van der Waals surface area contributed by atoms with Crippen molar-refractivity contribution in [1.82, 2.24) is 10.6 Å². The van der Waals surface area contributed by atoms with E-state index in [2.05, 4.69) is 10.6 Å². The summed E-state index contributed by atoms with van der Waals surface area (Å²) in [5.74, 6) is 0.778. The van der Waals surface area contributed by atoms with Gasteiger partial charge in [0, 0.05) is 5.56 Å². The SMILES string of the molecule is COc1ccc(C)cc1[C@@H](C)NC(=O)N[C@H](C)c1ccccc1C.